The van der Waals surface area contributed by atoms with Gasteiger partial charge in [-0.2, -0.15) is 0 Å². The summed E-state index contributed by atoms with van der Waals surface area (Å²) in [6.07, 6.45) is 2.13. The third-order valence-electron chi connectivity index (χ3n) is 2.83. The van der Waals surface area contributed by atoms with Crippen molar-refractivity contribution >= 4 is 49.4 Å². The minimum atomic E-state index is -0.0718. The van der Waals surface area contributed by atoms with E-state index in [1.54, 1.807) is 18.2 Å². The van der Waals surface area contributed by atoms with Crippen molar-refractivity contribution in [1.29, 1.82) is 0 Å². The van der Waals surface area contributed by atoms with E-state index in [4.69, 9.17) is 11.6 Å². The first-order valence-corrected chi connectivity index (χ1v) is 8.17. The Morgan fingerprint density at radius 1 is 1.50 bits per heavy atom. The smallest absolute Gasteiger partial charge is 0.251 e. The van der Waals surface area contributed by atoms with E-state index in [1.807, 2.05) is 0 Å². The van der Waals surface area contributed by atoms with Crippen LogP contribution in [0, 0.1) is 5.92 Å². The molecule has 1 aromatic carbocycles. The quantitative estimate of drug-likeness (QED) is 0.696. The van der Waals surface area contributed by atoms with Crippen LogP contribution in [0.4, 0.5) is 0 Å². The van der Waals surface area contributed by atoms with Crippen LogP contribution in [0.25, 0.3) is 0 Å². The Labute approximate surface area is 130 Å². The molecule has 5 heteroatoms. The third kappa shape index (κ3) is 4.90. The zero-order valence-corrected chi connectivity index (χ0v) is 14.1. The summed E-state index contributed by atoms with van der Waals surface area (Å²) in [5, 5.41) is 4.46. The largest absolute Gasteiger partial charge is 0.352 e. The number of hydrogen-bond acceptors (Lipinski definition) is 1. The predicted octanol–water partition coefficient (Wildman–Crippen LogP) is 4.64. The maximum absolute atomic E-state index is 11.9. The molecule has 0 fully saturated rings. The van der Waals surface area contributed by atoms with Gasteiger partial charge in [-0.3, -0.25) is 4.79 Å². The number of alkyl halides is 1. The second kappa shape index (κ2) is 8.18. The third-order valence-corrected chi connectivity index (χ3v) is 4.52. The predicted molar refractivity (Wildman–Crippen MR) is 83.7 cm³/mol. The summed E-state index contributed by atoms with van der Waals surface area (Å²) in [4.78, 5) is 11.9. The molecule has 1 N–H and O–H groups in total. The standard InChI is InChI=1S/C13H16Br2ClNO/c1-2-9(5-6-14)8-17-13(18)10-3-4-11(15)12(16)7-10/h3-4,7,9H,2,5-6,8H2,1H3,(H,17,18). The SMILES string of the molecule is CCC(CCBr)CNC(=O)c1ccc(Br)c(Cl)c1. The normalized spacial score (nSPS) is 12.2. The van der Waals surface area contributed by atoms with Gasteiger partial charge in [0, 0.05) is 21.9 Å². The van der Waals surface area contributed by atoms with Gasteiger partial charge >= 0.3 is 0 Å². The maximum Gasteiger partial charge on any atom is 0.251 e. The Hall–Kier alpha value is -0.0600. The average molecular weight is 398 g/mol. The van der Waals surface area contributed by atoms with E-state index in [2.05, 4.69) is 44.1 Å². The summed E-state index contributed by atoms with van der Waals surface area (Å²) in [7, 11) is 0. The summed E-state index contributed by atoms with van der Waals surface area (Å²) in [5.41, 5.74) is 0.594. The molecular weight excluding hydrogens is 381 g/mol. The van der Waals surface area contributed by atoms with Crippen molar-refractivity contribution in [2.45, 2.75) is 19.8 Å². The number of carbonyl (C=O) groups is 1. The van der Waals surface area contributed by atoms with Crippen LogP contribution in [-0.2, 0) is 0 Å². The lowest BCUT2D eigenvalue weighted by Crippen LogP contribution is -2.29. The van der Waals surface area contributed by atoms with Crippen molar-refractivity contribution in [3.63, 3.8) is 0 Å². The summed E-state index contributed by atoms with van der Waals surface area (Å²) in [5.74, 6) is 0.441. The molecule has 0 aliphatic carbocycles. The van der Waals surface area contributed by atoms with Gasteiger partial charge in [-0.05, 0) is 46.5 Å². The zero-order chi connectivity index (χ0) is 13.5. The number of nitrogens with one attached hydrogen (secondary N) is 1. The fraction of sp³-hybridized carbons (Fsp3) is 0.462. The van der Waals surface area contributed by atoms with Gasteiger partial charge < -0.3 is 5.32 Å². The number of amides is 1. The van der Waals surface area contributed by atoms with Gasteiger partial charge in [0.1, 0.15) is 0 Å². The molecule has 0 spiro atoms. The monoisotopic (exact) mass is 395 g/mol. The van der Waals surface area contributed by atoms with Gasteiger partial charge in [0.15, 0.2) is 0 Å². The average Bonchev–Trinajstić information content (AvgIpc) is 2.37. The fourth-order valence-electron chi connectivity index (χ4n) is 1.58. The molecule has 0 radical (unpaired) electrons. The van der Waals surface area contributed by atoms with Crippen molar-refractivity contribution < 1.29 is 4.79 Å². The van der Waals surface area contributed by atoms with Gasteiger partial charge in [0.2, 0.25) is 0 Å². The van der Waals surface area contributed by atoms with E-state index in [9.17, 15) is 4.79 Å². The van der Waals surface area contributed by atoms with E-state index < -0.39 is 0 Å². The summed E-state index contributed by atoms with van der Waals surface area (Å²) in [6, 6.07) is 5.22. The molecule has 0 saturated heterocycles. The molecule has 1 aromatic rings. The lowest BCUT2D eigenvalue weighted by molar-refractivity contribution is 0.0946. The molecule has 0 bridgehead atoms. The van der Waals surface area contributed by atoms with Crippen molar-refractivity contribution in [3.05, 3.63) is 33.3 Å². The number of hydrogen-bond donors (Lipinski definition) is 1. The molecule has 1 unspecified atom stereocenters. The molecule has 0 saturated carbocycles. The highest BCUT2D eigenvalue weighted by molar-refractivity contribution is 9.10. The lowest BCUT2D eigenvalue weighted by atomic mass is 10.0. The minimum Gasteiger partial charge on any atom is -0.352 e. The Morgan fingerprint density at radius 3 is 2.78 bits per heavy atom. The highest BCUT2D eigenvalue weighted by Crippen LogP contribution is 2.23. The maximum atomic E-state index is 11.9. The molecule has 1 atom stereocenters. The topological polar surface area (TPSA) is 29.1 Å². The molecule has 2 nitrogen and oxygen atoms in total. The van der Waals surface area contributed by atoms with Crippen molar-refractivity contribution in [2.75, 3.05) is 11.9 Å². The molecule has 0 aliphatic rings. The second-order valence-corrected chi connectivity index (χ2v) is 6.15. The summed E-state index contributed by atoms with van der Waals surface area (Å²) < 4.78 is 0.798. The number of benzene rings is 1. The van der Waals surface area contributed by atoms with Crippen LogP contribution in [-0.4, -0.2) is 17.8 Å². The Kier molecular flexibility index (Phi) is 7.27. The molecule has 0 aromatic heterocycles. The van der Waals surface area contributed by atoms with E-state index in [-0.39, 0.29) is 5.91 Å². The number of rotatable bonds is 6. The molecule has 0 aliphatic heterocycles. The van der Waals surface area contributed by atoms with Crippen molar-refractivity contribution in [3.8, 4) is 0 Å². The van der Waals surface area contributed by atoms with Crippen LogP contribution >= 0.6 is 43.5 Å². The summed E-state index contributed by atoms with van der Waals surface area (Å²) in [6.45, 7) is 2.84. The Bertz CT molecular complexity index is 412. The van der Waals surface area contributed by atoms with Crippen LogP contribution in [0.5, 0.6) is 0 Å². The van der Waals surface area contributed by atoms with Gasteiger partial charge in [-0.25, -0.2) is 0 Å². The van der Waals surface area contributed by atoms with Crippen molar-refractivity contribution in [1.82, 2.24) is 5.32 Å². The van der Waals surface area contributed by atoms with Crippen LogP contribution in [0.3, 0.4) is 0 Å². The molecular formula is C13H16Br2ClNO. The van der Waals surface area contributed by atoms with Gasteiger partial charge in [0.25, 0.3) is 5.91 Å². The minimum absolute atomic E-state index is 0.0718. The molecule has 0 heterocycles. The highest BCUT2D eigenvalue weighted by Gasteiger charge is 2.10. The van der Waals surface area contributed by atoms with Crippen LogP contribution in [0.15, 0.2) is 22.7 Å². The zero-order valence-electron chi connectivity index (χ0n) is 10.2. The molecule has 18 heavy (non-hydrogen) atoms. The number of carbonyl (C=O) groups excluding carboxylic acids is 1. The molecule has 100 valence electrons. The van der Waals surface area contributed by atoms with Gasteiger partial charge in [0.05, 0.1) is 5.02 Å². The Balaban J connectivity index is 2.57. The van der Waals surface area contributed by atoms with E-state index in [0.717, 1.165) is 22.6 Å². The fourth-order valence-corrected chi connectivity index (χ4v) is 2.66. The van der Waals surface area contributed by atoms with E-state index >= 15 is 0 Å². The van der Waals surface area contributed by atoms with Crippen LogP contribution in [0.1, 0.15) is 30.1 Å². The van der Waals surface area contributed by atoms with Gasteiger partial charge in [-0.1, -0.05) is 40.9 Å². The van der Waals surface area contributed by atoms with Gasteiger partial charge in [-0.15, -0.1) is 0 Å². The van der Waals surface area contributed by atoms with Crippen molar-refractivity contribution in [2.24, 2.45) is 5.92 Å². The number of halogens is 3. The second-order valence-electron chi connectivity index (χ2n) is 4.09. The highest BCUT2D eigenvalue weighted by atomic mass is 79.9. The first-order chi connectivity index (χ1) is 8.58. The molecule has 1 rings (SSSR count). The van der Waals surface area contributed by atoms with Crippen LogP contribution < -0.4 is 5.32 Å². The first kappa shape index (κ1) is 16.0. The van der Waals surface area contributed by atoms with E-state index in [0.29, 0.717) is 23.0 Å². The molecule has 1 amide bonds. The lowest BCUT2D eigenvalue weighted by Gasteiger charge is -2.14. The van der Waals surface area contributed by atoms with Crippen LogP contribution in [0.2, 0.25) is 5.02 Å². The Morgan fingerprint density at radius 2 is 2.22 bits per heavy atom. The summed E-state index contributed by atoms with van der Waals surface area (Å²) >= 11 is 12.7. The van der Waals surface area contributed by atoms with E-state index in [1.165, 1.54) is 0 Å². The first-order valence-electron chi connectivity index (χ1n) is 5.87.